The average molecular weight is 250 g/mol. The smallest absolute Gasteiger partial charge is 0.326 e. The molecule has 0 rings (SSSR count). The topological polar surface area (TPSA) is 113 Å². The number of carbonyl (C=O) groups is 2. The van der Waals surface area contributed by atoms with Gasteiger partial charge in [0.1, 0.15) is 6.04 Å². The van der Waals surface area contributed by atoms with Crippen LogP contribution in [0.4, 0.5) is 0 Å². The summed E-state index contributed by atoms with van der Waals surface area (Å²) in [6.07, 6.45) is 2.38. The van der Waals surface area contributed by atoms with E-state index in [2.05, 4.69) is 5.32 Å². The minimum atomic E-state index is -1.17. The maximum absolute atomic E-state index is 11.4. The molecule has 0 aromatic heterocycles. The first-order valence-electron chi connectivity index (χ1n) is 4.91. The van der Waals surface area contributed by atoms with Crippen LogP contribution in [0.2, 0.25) is 0 Å². The SMILES string of the molecule is CSCC[C@@H](N)C(=O)NC(CCO)C(=O)O. The lowest BCUT2D eigenvalue weighted by Gasteiger charge is -2.16. The normalized spacial score (nSPS) is 14.2. The Morgan fingerprint density at radius 3 is 2.50 bits per heavy atom. The Kier molecular flexibility index (Phi) is 7.96. The third kappa shape index (κ3) is 5.94. The molecule has 0 aliphatic heterocycles. The number of hydrogen-bond donors (Lipinski definition) is 4. The summed E-state index contributed by atoms with van der Waals surface area (Å²) in [6.45, 7) is -0.294. The molecule has 6 nitrogen and oxygen atoms in total. The second kappa shape index (κ2) is 8.37. The van der Waals surface area contributed by atoms with Gasteiger partial charge in [-0.05, 0) is 18.4 Å². The number of aliphatic hydroxyl groups excluding tert-OH is 1. The van der Waals surface area contributed by atoms with Gasteiger partial charge < -0.3 is 21.3 Å². The second-order valence-corrected chi connectivity index (χ2v) is 4.29. The number of rotatable bonds is 8. The van der Waals surface area contributed by atoms with Crippen LogP contribution >= 0.6 is 11.8 Å². The molecule has 5 N–H and O–H groups in total. The van der Waals surface area contributed by atoms with E-state index in [4.69, 9.17) is 15.9 Å². The number of nitrogens with one attached hydrogen (secondary N) is 1. The Hall–Kier alpha value is -0.790. The summed E-state index contributed by atoms with van der Waals surface area (Å²) in [4.78, 5) is 22.1. The number of aliphatic hydroxyl groups is 1. The van der Waals surface area contributed by atoms with Gasteiger partial charge in [0.2, 0.25) is 5.91 Å². The molecule has 0 heterocycles. The van der Waals surface area contributed by atoms with E-state index < -0.39 is 24.0 Å². The van der Waals surface area contributed by atoms with Crippen molar-refractivity contribution in [3.05, 3.63) is 0 Å². The van der Waals surface area contributed by atoms with Gasteiger partial charge in [0.15, 0.2) is 0 Å². The van der Waals surface area contributed by atoms with Gasteiger partial charge in [0.05, 0.1) is 6.04 Å². The molecule has 7 heteroatoms. The molecule has 16 heavy (non-hydrogen) atoms. The minimum absolute atomic E-state index is 0.0175. The lowest BCUT2D eigenvalue weighted by atomic mass is 10.1. The van der Waals surface area contributed by atoms with Crippen molar-refractivity contribution in [3.63, 3.8) is 0 Å². The molecule has 94 valence electrons. The summed E-state index contributed by atoms with van der Waals surface area (Å²) in [7, 11) is 0. The van der Waals surface area contributed by atoms with Crippen LogP contribution in [0, 0.1) is 0 Å². The van der Waals surface area contributed by atoms with Crippen LogP contribution in [0.25, 0.3) is 0 Å². The first kappa shape index (κ1) is 15.2. The molecule has 0 saturated heterocycles. The summed E-state index contributed by atoms with van der Waals surface area (Å²) >= 11 is 1.57. The fraction of sp³-hybridized carbons (Fsp3) is 0.778. The molecule has 0 fully saturated rings. The quantitative estimate of drug-likeness (QED) is 0.440. The van der Waals surface area contributed by atoms with E-state index in [0.29, 0.717) is 6.42 Å². The highest BCUT2D eigenvalue weighted by Gasteiger charge is 2.22. The summed E-state index contributed by atoms with van der Waals surface area (Å²) in [5, 5.41) is 19.7. The van der Waals surface area contributed by atoms with Gasteiger partial charge >= 0.3 is 5.97 Å². The molecule has 0 radical (unpaired) electrons. The summed E-state index contributed by atoms with van der Waals surface area (Å²) < 4.78 is 0. The molecule has 0 spiro atoms. The molecule has 0 aromatic rings. The van der Waals surface area contributed by atoms with Gasteiger partial charge in [-0.3, -0.25) is 4.79 Å². The van der Waals surface area contributed by atoms with E-state index in [9.17, 15) is 9.59 Å². The van der Waals surface area contributed by atoms with E-state index in [-0.39, 0.29) is 13.0 Å². The Morgan fingerprint density at radius 2 is 2.06 bits per heavy atom. The molecular weight excluding hydrogens is 232 g/mol. The third-order valence-corrected chi connectivity index (χ3v) is 2.65. The Bertz CT molecular complexity index is 238. The number of carboxylic acids is 1. The molecule has 1 unspecified atom stereocenters. The summed E-state index contributed by atoms with van der Waals surface area (Å²) in [6, 6.07) is -1.77. The zero-order chi connectivity index (χ0) is 12.6. The Morgan fingerprint density at radius 1 is 1.44 bits per heavy atom. The Labute approximate surface area is 98.6 Å². The molecular formula is C9H18N2O4S. The third-order valence-electron chi connectivity index (χ3n) is 2.00. The fourth-order valence-electron chi connectivity index (χ4n) is 1.04. The van der Waals surface area contributed by atoms with E-state index in [1.165, 1.54) is 0 Å². The van der Waals surface area contributed by atoms with E-state index in [1.54, 1.807) is 11.8 Å². The lowest BCUT2D eigenvalue weighted by molar-refractivity contribution is -0.142. The highest BCUT2D eigenvalue weighted by molar-refractivity contribution is 7.98. The highest BCUT2D eigenvalue weighted by atomic mass is 32.2. The second-order valence-electron chi connectivity index (χ2n) is 3.30. The van der Waals surface area contributed by atoms with Crippen LogP contribution in [0.5, 0.6) is 0 Å². The largest absolute Gasteiger partial charge is 0.480 e. The van der Waals surface area contributed by atoms with Gasteiger partial charge in [-0.1, -0.05) is 0 Å². The van der Waals surface area contributed by atoms with Crippen molar-refractivity contribution in [1.29, 1.82) is 0 Å². The maximum Gasteiger partial charge on any atom is 0.326 e. The molecule has 1 amide bonds. The fourth-order valence-corrected chi connectivity index (χ4v) is 1.53. The first-order chi connectivity index (χ1) is 7.52. The Balaban J connectivity index is 4.12. The van der Waals surface area contributed by atoms with Gasteiger partial charge in [-0.15, -0.1) is 0 Å². The van der Waals surface area contributed by atoms with Gasteiger partial charge in [-0.2, -0.15) is 11.8 Å². The minimum Gasteiger partial charge on any atom is -0.480 e. The maximum atomic E-state index is 11.4. The highest BCUT2D eigenvalue weighted by Crippen LogP contribution is 2.00. The zero-order valence-corrected chi connectivity index (χ0v) is 10.00. The number of nitrogens with two attached hydrogens (primary N) is 1. The lowest BCUT2D eigenvalue weighted by Crippen LogP contribution is -2.48. The number of hydrogen-bond acceptors (Lipinski definition) is 5. The van der Waals surface area contributed by atoms with Crippen molar-refractivity contribution in [1.82, 2.24) is 5.32 Å². The van der Waals surface area contributed by atoms with Crippen molar-refractivity contribution >= 4 is 23.6 Å². The molecule has 0 aromatic carbocycles. The first-order valence-corrected chi connectivity index (χ1v) is 6.30. The average Bonchev–Trinajstić information content (AvgIpc) is 2.24. The molecule has 2 atom stereocenters. The number of aliphatic carboxylic acids is 1. The number of carboxylic acid groups (broad SMARTS) is 1. The van der Waals surface area contributed by atoms with Gasteiger partial charge in [0.25, 0.3) is 0 Å². The van der Waals surface area contributed by atoms with Crippen LogP contribution in [-0.2, 0) is 9.59 Å². The molecule has 0 saturated carbocycles. The number of carbonyl (C=O) groups excluding carboxylic acids is 1. The van der Waals surface area contributed by atoms with Crippen LogP contribution in [-0.4, -0.2) is 52.8 Å². The van der Waals surface area contributed by atoms with E-state index >= 15 is 0 Å². The van der Waals surface area contributed by atoms with E-state index in [1.807, 2.05) is 6.26 Å². The van der Waals surface area contributed by atoms with Crippen LogP contribution in [0.15, 0.2) is 0 Å². The van der Waals surface area contributed by atoms with Gasteiger partial charge in [-0.25, -0.2) is 4.79 Å². The number of amides is 1. The monoisotopic (exact) mass is 250 g/mol. The predicted octanol–water partition coefficient (Wildman–Crippen LogP) is -0.981. The standard InChI is InChI=1S/C9H18N2O4S/c1-16-5-3-6(10)8(13)11-7(2-4-12)9(14)15/h6-7,12H,2-5,10H2,1H3,(H,11,13)(H,14,15)/t6-,7?/m1/s1. The van der Waals surface area contributed by atoms with E-state index in [0.717, 1.165) is 5.75 Å². The number of thioether (sulfide) groups is 1. The van der Waals surface area contributed by atoms with Crippen molar-refractivity contribution in [2.45, 2.75) is 24.9 Å². The van der Waals surface area contributed by atoms with Crippen LogP contribution in [0.3, 0.4) is 0 Å². The van der Waals surface area contributed by atoms with Crippen molar-refractivity contribution in [3.8, 4) is 0 Å². The predicted molar refractivity (Wildman–Crippen MR) is 62.2 cm³/mol. The summed E-state index contributed by atoms with van der Waals surface area (Å²) in [5.74, 6) is -0.916. The molecule has 0 aliphatic carbocycles. The zero-order valence-electron chi connectivity index (χ0n) is 9.18. The molecule has 0 bridgehead atoms. The van der Waals surface area contributed by atoms with Gasteiger partial charge in [0, 0.05) is 13.0 Å². The van der Waals surface area contributed by atoms with Crippen molar-refractivity contribution < 1.29 is 19.8 Å². The molecule has 0 aliphatic rings. The van der Waals surface area contributed by atoms with Crippen LogP contribution < -0.4 is 11.1 Å². The van der Waals surface area contributed by atoms with Crippen LogP contribution in [0.1, 0.15) is 12.8 Å². The van der Waals surface area contributed by atoms with Crippen molar-refractivity contribution in [2.75, 3.05) is 18.6 Å². The van der Waals surface area contributed by atoms with Crippen molar-refractivity contribution in [2.24, 2.45) is 5.73 Å². The summed E-state index contributed by atoms with van der Waals surface area (Å²) in [5.41, 5.74) is 5.57.